The number of ether oxygens (including phenoxy) is 1. The number of carbonyl (C=O) groups is 1. The van der Waals surface area contributed by atoms with Crippen molar-refractivity contribution in [1.29, 1.82) is 0 Å². The quantitative estimate of drug-likeness (QED) is 0.830. The molecular weight excluding hydrogens is 282 g/mol. The van der Waals surface area contributed by atoms with Crippen LogP contribution in [-0.4, -0.2) is 18.3 Å². The summed E-state index contributed by atoms with van der Waals surface area (Å²) < 4.78 is 5.12. The van der Waals surface area contributed by atoms with E-state index in [4.69, 9.17) is 4.74 Å². The van der Waals surface area contributed by atoms with E-state index in [0.29, 0.717) is 6.54 Å². The summed E-state index contributed by atoms with van der Waals surface area (Å²) in [6, 6.07) is 17.6. The summed E-state index contributed by atoms with van der Waals surface area (Å²) in [5.41, 5.74) is 1.10. The highest BCUT2D eigenvalue weighted by Gasteiger charge is 2.13. The third-order valence-electron chi connectivity index (χ3n) is 3.05. The van der Waals surface area contributed by atoms with Crippen LogP contribution in [0.5, 0.6) is 5.75 Å². The van der Waals surface area contributed by atoms with Crippen molar-refractivity contribution in [3.63, 3.8) is 0 Å². The van der Waals surface area contributed by atoms with Crippen LogP contribution in [0, 0.1) is 0 Å². The average Bonchev–Trinajstić information content (AvgIpc) is 2.54. The summed E-state index contributed by atoms with van der Waals surface area (Å²) in [5.74, 6) is 0.861. The standard InChI is InChI=1S/C17H19NO2S/c1-13(21-16-10-8-15(20-2)9-11-16)17(19)18-12-14-6-4-3-5-7-14/h3-11,13H,12H2,1-2H3,(H,18,19). The number of amides is 1. The number of hydrogen-bond acceptors (Lipinski definition) is 3. The summed E-state index contributed by atoms with van der Waals surface area (Å²) in [6.07, 6.45) is 0. The van der Waals surface area contributed by atoms with Gasteiger partial charge in [0.2, 0.25) is 5.91 Å². The van der Waals surface area contributed by atoms with Crippen molar-refractivity contribution < 1.29 is 9.53 Å². The Hall–Kier alpha value is -1.94. The first-order valence-electron chi connectivity index (χ1n) is 6.81. The second-order valence-electron chi connectivity index (χ2n) is 4.64. The highest BCUT2D eigenvalue weighted by Crippen LogP contribution is 2.25. The summed E-state index contributed by atoms with van der Waals surface area (Å²) in [4.78, 5) is 13.1. The van der Waals surface area contributed by atoms with E-state index in [9.17, 15) is 4.79 Å². The van der Waals surface area contributed by atoms with Gasteiger partial charge in [-0.15, -0.1) is 11.8 Å². The predicted octanol–water partition coefficient (Wildman–Crippen LogP) is 3.49. The molecule has 4 heteroatoms. The number of thioether (sulfide) groups is 1. The van der Waals surface area contributed by atoms with Crippen LogP contribution in [0.15, 0.2) is 59.5 Å². The molecule has 21 heavy (non-hydrogen) atoms. The van der Waals surface area contributed by atoms with Gasteiger partial charge in [0, 0.05) is 11.4 Å². The molecule has 1 unspecified atom stereocenters. The van der Waals surface area contributed by atoms with Gasteiger partial charge >= 0.3 is 0 Å². The molecule has 1 amide bonds. The van der Waals surface area contributed by atoms with Gasteiger partial charge in [-0.05, 0) is 36.8 Å². The summed E-state index contributed by atoms with van der Waals surface area (Å²) >= 11 is 1.54. The largest absolute Gasteiger partial charge is 0.497 e. The Bertz CT molecular complexity index is 569. The Morgan fingerprint density at radius 3 is 2.43 bits per heavy atom. The number of methoxy groups -OCH3 is 1. The van der Waals surface area contributed by atoms with E-state index in [0.717, 1.165) is 16.2 Å². The molecular formula is C17H19NO2S. The zero-order chi connectivity index (χ0) is 15.1. The minimum Gasteiger partial charge on any atom is -0.497 e. The normalized spacial score (nSPS) is 11.7. The van der Waals surface area contributed by atoms with Gasteiger partial charge in [0.1, 0.15) is 5.75 Å². The van der Waals surface area contributed by atoms with Gasteiger partial charge < -0.3 is 10.1 Å². The van der Waals surface area contributed by atoms with E-state index >= 15 is 0 Å². The van der Waals surface area contributed by atoms with Crippen LogP contribution >= 0.6 is 11.8 Å². The Labute approximate surface area is 129 Å². The van der Waals surface area contributed by atoms with Crippen LogP contribution < -0.4 is 10.1 Å². The molecule has 110 valence electrons. The Kier molecular flexibility index (Phi) is 5.69. The minimum atomic E-state index is -0.137. The third-order valence-corrected chi connectivity index (χ3v) is 4.16. The van der Waals surface area contributed by atoms with Crippen molar-refractivity contribution in [1.82, 2.24) is 5.32 Å². The van der Waals surface area contributed by atoms with Gasteiger partial charge in [0.25, 0.3) is 0 Å². The molecule has 0 heterocycles. The molecule has 0 saturated carbocycles. The topological polar surface area (TPSA) is 38.3 Å². The average molecular weight is 301 g/mol. The molecule has 2 aromatic rings. The fraction of sp³-hybridized carbons (Fsp3) is 0.235. The van der Waals surface area contributed by atoms with Crippen molar-refractivity contribution in [2.75, 3.05) is 7.11 Å². The SMILES string of the molecule is COc1ccc(SC(C)C(=O)NCc2ccccc2)cc1. The van der Waals surface area contributed by atoms with Crippen molar-refractivity contribution >= 4 is 17.7 Å². The highest BCUT2D eigenvalue weighted by atomic mass is 32.2. The molecule has 0 spiro atoms. The van der Waals surface area contributed by atoms with E-state index < -0.39 is 0 Å². The maximum Gasteiger partial charge on any atom is 0.233 e. The van der Waals surface area contributed by atoms with Crippen LogP contribution in [0.2, 0.25) is 0 Å². The maximum atomic E-state index is 12.1. The van der Waals surface area contributed by atoms with Gasteiger partial charge in [-0.2, -0.15) is 0 Å². The second kappa shape index (κ2) is 7.74. The van der Waals surface area contributed by atoms with Gasteiger partial charge in [0.15, 0.2) is 0 Å². The number of benzene rings is 2. The van der Waals surface area contributed by atoms with E-state index in [1.54, 1.807) is 7.11 Å². The first kappa shape index (κ1) is 15.4. The van der Waals surface area contributed by atoms with Crippen LogP contribution in [-0.2, 0) is 11.3 Å². The van der Waals surface area contributed by atoms with Crippen molar-refractivity contribution in [2.45, 2.75) is 23.6 Å². The van der Waals surface area contributed by atoms with Crippen molar-refractivity contribution in [3.8, 4) is 5.75 Å². The maximum absolute atomic E-state index is 12.1. The molecule has 0 radical (unpaired) electrons. The third kappa shape index (κ3) is 4.83. The van der Waals surface area contributed by atoms with Gasteiger partial charge in [-0.1, -0.05) is 30.3 Å². The lowest BCUT2D eigenvalue weighted by Crippen LogP contribution is -2.30. The van der Waals surface area contributed by atoms with E-state index in [2.05, 4.69) is 5.32 Å². The van der Waals surface area contributed by atoms with Gasteiger partial charge in [0.05, 0.1) is 12.4 Å². The first-order valence-corrected chi connectivity index (χ1v) is 7.69. The fourth-order valence-electron chi connectivity index (χ4n) is 1.84. The lowest BCUT2D eigenvalue weighted by atomic mass is 10.2. The molecule has 0 fully saturated rings. The monoisotopic (exact) mass is 301 g/mol. The van der Waals surface area contributed by atoms with Crippen molar-refractivity contribution in [3.05, 3.63) is 60.2 Å². The van der Waals surface area contributed by atoms with Gasteiger partial charge in [-0.3, -0.25) is 4.79 Å². The zero-order valence-electron chi connectivity index (χ0n) is 12.2. The fourth-order valence-corrected chi connectivity index (χ4v) is 2.73. The minimum absolute atomic E-state index is 0.0414. The molecule has 1 N–H and O–H groups in total. The predicted molar refractivity (Wildman–Crippen MR) is 86.6 cm³/mol. The summed E-state index contributed by atoms with van der Waals surface area (Å²) in [6.45, 7) is 2.47. The van der Waals surface area contributed by atoms with Crippen LogP contribution in [0.4, 0.5) is 0 Å². The smallest absolute Gasteiger partial charge is 0.233 e. The molecule has 1 atom stereocenters. The number of nitrogens with one attached hydrogen (secondary N) is 1. The molecule has 2 aromatic carbocycles. The lowest BCUT2D eigenvalue weighted by Gasteiger charge is -2.12. The van der Waals surface area contributed by atoms with Crippen LogP contribution in [0.25, 0.3) is 0 Å². The number of carbonyl (C=O) groups excluding carboxylic acids is 1. The van der Waals surface area contributed by atoms with Crippen LogP contribution in [0.3, 0.4) is 0 Å². The zero-order valence-corrected chi connectivity index (χ0v) is 13.0. The molecule has 0 aromatic heterocycles. The van der Waals surface area contributed by atoms with E-state index in [-0.39, 0.29) is 11.2 Å². The number of hydrogen-bond donors (Lipinski definition) is 1. The first-order chi connectivity index (χ1) is 10.2. The molecule has 0 aliphatic rings. The molecule has 0 aliphatic carbocycles. The highest BCUT2D eigenvalue weighted by molar-refractivity contribution is 8.00. The van der Waals surface area contributed by atoms with E-state index in [1.165, 1.54) is 11.8 Å². The second-order valence-corrected chi connectivity index (χ2v) is 6.05. The van der Waals surface area contributed by atoms with Gasteiger partial charge in [-0.25, -0.2) is 0 Å². The molecule has 2 rings (SSSR count). The van der Waals surface area contributed by atoms with Crippen LogP contribution in [0.1, 0.15) is 12.5 Å². The lowest BCUT2D eigenvalue weighted by molar-refractivity contribution is -0.120. The molecule has 0 bridgehead atoms. The Balaban J connectivity index is 1.84. The summed E-state index contributed by atoms with van der Waals surface area (Å²) in [5, 5.41) is 2.82. The van der Waals surface area contributed by atoms with E-state index in [1.807, 2.05) is 61.5 Å². The Morgan fingerprint density at radius 1 is 1.14 bits per heavy atom. The Morgan fingerprint density at radius 2 is 1.81 bits per heavy atom. The molecule has 0 aliphatic heterocycles. The summed E-state index contributed by atoms with van der Waals surface area (Å²) in [7, 11) is 1.64. The number of rotatable bonds is 6. The molecule has 0 saturated heterocycles. The van der Waals surface area contributed by atoms with Crippen molar-refractivity contribution in [2.24, 2.45) is 0 Å². The molecule has 3 nitrogen and oxygen atoms in total.